The van der Waals surface area contributed by atoms with E-state index >= 15 is 0 Å². The molecule has 0 aromatic heterocycles. The van der Waals surface area contributed by atoms with Gasteiger partial charge in [-0.2, -0.15) is 0 Å². The molecular weight excluding hydrogens is 256 g/mol. The van der Waals surface area contributed by atoms with E-state index in [0.717, 1.165) is 41.5 Å². The van der Waals surface area contributed by atoms with E-state index in [1.165, 1.54) is 0 Å². The zero-order valence-electron chi connectivity index (χ0n) is 12.0. The van der Waals surface area contributed by atoms with Crippen LogP contribution in [0.5, 0.6) is 0 Å². The van der Waals surface area contributed by atoms with Gasteiger partial charge in [-0.1, -0.05) is 60.7 Å². The third-order valence-corrected chi connectivity index (χ3v) is 3.76. The second-order valence-electron chi connectivity index (χ2n) is 5.34. The Bertz CT molecular complexity index is 619. The molecule has 0 unspecified atom stereocenters. The van der Waals surface area contributed by atoms with Crippen LogP contribution in [-0.4, -0.2) is 5.78 Å². The summed E-state index contributed by atoms with van der Waals surface area (Å²) in [5.74, 6) is 0.203. The molecule has 3 rings (SSSR count). The van der Waals surface area contributed by atoms with Gasteiger partial charge in [-0.3, -0.25) is 4.79 Å². The topological polar surface area (TPSA) is 17.1 Å². The van der Waals surface area contributed by atoms with Crippen molar-refractivity contribution in [3.8, 4) is 0 Å². The molecular formula is C20H18O. The lowest BCUT2D eigenvalue weighted by Crippen LogP contribution is -2.12. The molecule has 0 aliphatic heterocycles. The summed E-state index contributed by atoms with van der Waals surface area (Å²) in [6, 6.07) is 20.1. The van der Waals surface area contributed by atoms with Gasteiger partial charge in [0, 0.05) is 11.1 Å². The van der Waals surface area contributed by atoms with Crippen LogP contribution in [0.2, 0.25) is 0 Å². The molecule has 2 aromatic rings. The van der Waals surface area contributed by atoms with E-state index in [9.17, 15) is 4.79 Å². The van der Waals surface area contributed by atoms with E-state index in [4.69, 9.17) is 0 Å². The summed E-state index contributed by atoms with van der Waals surface area (Å²) in [5.41, 5.74) is 4.05. The van der Waals surface area contributed by atoms with Gasteiger partial charge in [0.15, 0.2) is 5.78 Å². The third kappa shape index (κ3) is 3.38. The lowest BCUT2D eigenvalue weighted by Gasteiger charge is -2.16. The quantitative estimate of drug-likeness (QED) is 0.711. The molecule has 1 heteroatoms. The van der Waals surface area contributed by atoms with Gasteiger partial charge in [0.1, 0.15) is 0 Å². The van der Waals surface area contributed by atoms with Crippen LogP contribution in [0.15, 0.2) is 71.8 Å². The fourth-order valence-electron chi connectivity index (χ4n) is 2.68. The summed E-state index contributed by atoms with van der Waals surface area (Å²) in [7, 11) is 0. The molecule has 21 heavy (non-hydrogen) atoms. The molecule has 104 valence electrons. The number of ketones is 1. The van der Waals surface area contributed by atoms with Crippen molar-refractivity contribution in [3.63, 3.8) is 0 Å². The van der Waals surface area contributed by atoms with Crippen molar-refractivity contribution >= 4 is 17.9 Å². The van der Waals surface area contributed by atoms with Crippen LogP contribution in [0.4, 0.5) is 0 Å². The smallest absolute Gasteiger partial charge is 0.185 e. The minimum absolute atomic E-state index is 0.203. The van der Waals surface area contributed by atoms with Crippen LogP contribution in [0.25, 0.3) is 12.2 Å². The van der Waals surface area contributed by atoms with Crippen molar-refractivity contribution in [1.82, 2.24) is 0 Å². The summed E-state index contributed by atoms with van der Waals surface area (Å²) in [6.45, 7) is 0. The third-order valence-electron chi connectivity index (χ3n) is 3.76. The number of carbonyl (C=O) groups excluding carboxylic acids is 1. The number of hydrogen-bond acceptors (Lipinski definition) is 1. The Morgan fingerprint density at radius 2 is 1.10 bits per heavy atom. The summed E-state index contributed by atoms with van der Waals surface area (Å²) in [6.07, 6.45) is 6.85. The van der Waals surface area contributed by atoms with Gasteiger partial charge < -0.3 is 0 Å². The van der Waals surface area contributed by atoms with E-state index in [0.29, 0.717) is 0 Å². The molecule has 0 radical (unpaired) electrons. The summed E-state index contributed by atoms with van der Waals surface area (Å²) < 4.78 is 0. The van der Waals surface area contributed by atoms with E-state index in [-0.39, 0.29) is 5.78 Å². The maximum Gasteiger partial charge on any atom is 0.185 e. The first-order valence-corrected chi connectivity index (χ1v) is 7.39. The van der Waals surface area contributed by atoms with Crippen molar-refractivity contribution in [1.29, 1.82) is 0 Å². The highest BCUT2D eigenvalue weighted by molar-refractivity contribution is 6.13. The number of benzene rings is 2. The molecule has 0 atom stereocenters. The fraction of sp³-hybridized carbons (Fsp3) is 0.150. The van der Waals surface area contributed by atoms with Crippen LogP contribution in [0.1, 0.15) is 30.4 Å². The van der Waals surface area contributed by atoms with Gasteiger partial charge >= 0.3 is 0 Å². The normalized spacial score (nSPS) is 19.1. The molecule has 0 heterocycles. The maximum atomic E-state index is 12.6. The lowest BCUT2D eigenvalue weighted by atomic mass is 9.87. The van der Waals surface area contributed by atoms with Crippen molar-refractivity contribution < 1.29 is 4.79 Å². The Balaban J connectivity index is 1.88. The minimum atomic E-state index is 0.203. The minimum Gasteiger partial charge on any atom is -0.289 e. The number of Topliss-reactive ketones (excluding diaryl/α,β-unsaturated/α-hetero) is 1. The molecule has 1 fully saturated rings. The zero-order valence-corrected chi connectivity index (χ0v) is 12.0. The molecule has 0 bridgehead atoms. The molecule has 2 aromatic carbocycles. The number of rotatable bonds is 2. The van der Waals surface area contributed by atoms with Gasteiger partial charge in [0.2, 0.25) is 0 Å². The molecule has 0 spiro atoms. The highest BCUT2D eigenvalue weighted by atomic mass is 16.1. The summed E-state index contributed by atoms with van der Waals surface area (Å²) in [4.78, 5) is 12.6. The van der Waals surface area contributed by atoms with Crippen LogP contribution < -0.4 is 0 Å². The highest BCUT2D eigenvalue weighted by Crippen LogP contribution is 2.27. The van der Waals surface area contributed by atoms with Crippen molar-refractivity contribution in [2.75, 3.05) is 0 Å². The number of allylic oxidation sites excluding steroid dienone is 2. The Labute approximate surface area is 125 Å². The highest BCUT2D eigenvalue weighted by Gasteiger charge is 2.20. The summed E-state index contributed by atoms with van der Waals surface area (Å²) in [5, 5.41) is 0. The Hall–Kier alpha value is -2.41. The van der Waals surface area contributed by atoms with Crippen LogP contribution in [0, 0.1) is 0 Å². The molecule has 0 N–H and O–H groups in total. The average molecular weight is 274 g/mol. The largest absolute Gasteiger partial charge is 0.289 e. The molecule has 0 saturated heterocycles. The van der Waals surface area contributed by atoms with Crippen LogP contribution in [0.3, 0.4) is 0 Å². The van der Waals surface area contributed by atoms with Crippen molar-refractivity contribution in [3.05, 3.63) is 82.9 Å². The summed E-state index contributed by atoms with van der Waals surface area (Å²) >= 11 is 0. The fourth-order valence-corrected chi connectivity index (χ4v) is 2.68. The van der Waals surface area contributed by atoms with Crippen LogP contribution in [-0.2, 0) is 4.79 Å². The molecule has 0 amide bonds. The van der Waals surface area contributed by atoms with Crippen molar-refractivity contribution in [2.24, 2.45) is 0 Å². The Morgan fingerprint density at radius 3 is 1.52 bits per heavy atom. The van der Waals surface area contributed by atoms with Crippen molar-refractivity contribution in [2.45, 2.75) is 19.3 Å². The maximum absolute atomic E-state index is 12.6. The Kier molecular flexibility index (Phi) is 4.11. The average Bonchev–Trinajstić information content (AvgIpc) is 2.53. The molecule has 1 aliphatic carbocycles. The second-order valence-corrected chi connectivity index (χ2v) is 5.34. The van der Waals surface area contributed by atoms with Gasteiger partial charge in [-0.25, -0.2) is 0 Å². The van der Waals surface area contributed by atoms with E-state index < -0.39 is 0 Å². The van der Waals surface area contributed by atoms with Gasteiger partial charge in [0.05, 0.1) is 0 Å². The van der Waals surface area contributed by atoms with Crippen LogP contribution >= 0.6 is 0 Å². The molecule has 1 aliphatic rings. The monoisotopic (exact) mass is 274 g/mol. The number of carbonyl (C=O) groups is 1. The SMILES string of the molecule is O=C1C(=Cc2ccccc2)CCCC1=Cc1ccccc1. The predicted octanol–water partition coefficient (Wildman–Crippen LogP) is 4.91. The molecule has 1 nitrogen and oxygen atoms in total. The first-order valence-electron chi connectivity index (χ1n) is 7.39. The predicted molar refractivity (Wildman–Crippen MR) is 87.7 cm³/mol. The van der Waals surface area contributed by atoms with E-state index in [1.54, 1.807) is 0 Å². The van der Waals surface area contributed by atoms with Gasteiger partial charge in [-0.05, 0) is 42.5 Å². The second kappa shape index (κ2) is 6.36. The number of hydrogen-bond donors (Lipinski definition) is 0. The first kappa shape index (κ1) is 13.6. The van der Waals surface area contributed by atoms with Gasteiger partial charge in [0.25, 0.3) is 0 Å². The lowest BCUT2D eigenvalue weighted by molar-refractivity contribution is -0.112. The van der Waals surface area contributed by atoms with E-state index in [2.05, 4.69) is 0 Å². The zero-order chi connectivity index (χ0) is 14.5. The standard InChI is InChI=1S/C20H18O/c21-20-18(14-16-8-3-1-4-9-16)12-7-13-19(20)15-17-10-5-2-6-11-17/h1-6,8-11,14-15H,7,12-13H2. The Morgan fingerprint density at radius 1 is 0.667 bits per heavy atom. The van der Waals surface area contributed by atoms with Gasteiger partial charge in [-0.15, -0.1) is 0 Å². The van der Waals surface area contributed by atoms with E-state index in [1.807, 2.05) is 72.8 Å². The molecule has 1 saturated carbocycles. The first-order chi connectivity index (χ1) is 10.3.